The Bertz CT molecular complexity index is 964. The topological polar surface area (TPSA) is 62.2 Å². The third-order valence-corrected chi connectivity index (χ3v) is 7.84. The SMILES string of the molecule is O=C(Nc1ccc(Cl)c(Cl)c1)[C@@H]1[C@@H](O)C[C@@H](I)[C@H]2C[C@]21c1ccnc(F)c1F. The number of hydrogen-bond acceptors (Lipinski definition) is 3. The monoisotopic (exact) mass is 538 g/mol. The van der Waals surface area contributed by atoms with Gasteiger partial charge in [-0.2, -0.15) is 4.39 Å². The minimum absolute atomic E-state index is 0.0302. The van der Waals surface area contributed by atoms with Crippen molar-refractivity contribution in [1.82, 2.24) is 4.98 Å². The maximum absolute atomic E-state index is 14.6. The van der Waals surface area contributed by atoms with Crippen LogP contribution in [0, 0.1) is 23.6 Å². The Kier molecular flexibility index (Phi) is 5.31. The van der Waals surface area contributed by atoms with Crippen LogP contribution in [0.4, 0.5) is 14.5 Å². The number of amides is 1. The van der Waals surface area contributed by atoms with Crippen LogP contribution in [0.2, 0.25) is 10.0 Å². The molecule has 0 aliphatic heterocycles. The summed E-state index contributed by atoms with van der Waals surface area (Å²) in [4.78, 5) is 16.5. The van der Waals surface area contributed by atoms with Gasteiger partial charge in [-0.15, -0.1) is 0 Å². The Morgan fingerprint density at radius 2 is 2.04 bits per heavy atom. The predicted molar refractivity (Wildman–Crippen MR) is 111 cm³/mol. The molecular weight excluding hydrogens is 524 g/mol. The quantitative estimate of drug-likeness (QED) is 0.337. The number of carbonyl (C=O) groups is 1. The highest BCUT2D eigenvalue weighted by molar-refractivity contribution is 14.1. The lowest BCUT2D eigenvalue weighted by Crippen LogP contribution is -2.48. The van der Waals surface area contributed by atoms with E-state index in [9.17, 15) is 18.7 Å². The number of aromatic nitrogens is 1. The molecule has 5 atom stereocenters. The van der Waals surface area contributed by atoms with Gasteiger partial charge in [0.25, 0.3) is 0 Å². The molecule has 0 unspecified atom stereocenters. The first-order valence-corrected chi connectivity index (χ1v) is 10.6. The summed E-state index contributed by atoms with van der Waals surface area (Å²) < 4.78 is 28.4. The third-order valence-electron chi connectivity index (χ3n) is 5.72. The van der Waals surface area contributed by atoms with Crippen molar-refractivity contribution >= 4 is 57.4 Å². The van der Waals surface area contributed by atoms with E-state index in [4.69, 9.17) is 23.2 Å². The molecule has 0 radical (unpaired) electrons. The van der Waals surface area contributed by atoms with Gasteiger partial charge in [-0.1, -0.05) is 45.8 Å². The van der Waals surface area contributed by atoms with Crippen molar-refractivity contribution in [3.63, 3.8) is 0 Å². The highest BCUT2D eigenvalue weighted by Gasteiger charge is 2.69. The van der Waals surface area contributed by atoms with Gasteiger partial charge in [0, 0.05) is 26.8 Å². The lowest BCUT2D eigenvalue weighted by Gasteiger charge is -2.37. The molecule has 1 amide bonds. The number of aliphatic hydroxyl groups is 1. The second kappa shape index (κ2) is 7.34. The minimum Gasteiger partial charge on any atom is -0.392 e. The number of alkyl halides is 1. The molecule has 1 heterocycles. The number of nitrogens with one attached hydrogen (secondary N) is 1. The van der Waals surface area contributed by atoms with Crippen LogP contribution < -0.4 is 5.32 Å². The highest BCUT2D eigenvalue weighted by atomic mass is 127. The molecule has 0 bridgehead atoms. The Morgan fingerprint density at radius 3 is 2.75 bits per heavy atom. The second-order valence-corrected chi connectivity index (χ2v) is 9.64. The summed E-state index contributed by atoms with van der Waals surface area (Å²) >= 11 is 14.1. The lowest BCUT2D eigenvalue weighted by molar-refractivity contribution is -0.126. The van der Waals surface area contributed by atoms with Gasteiger partial charge in [0.2, 0.25) is 11.9 Å². The number of aliphatic hydroxyl groups excluding tert-OH is 1. The Labute approximate surface area is 183 Å². The number of rotatable bonds is 3. The van der Waals surface area contributed by atoms with E-state index in [1.54, 1.807) is 12.1 Å². The van der Waals surface area contributed by atoms with Gasteiger partial charge in [0.1, 0.15) is 0 Å². The van der Waals surface area contributed by atoms with Crippen molar-refractivity contribution in [2.24, 2.45) is 11.8 Å². The zero-order valence-corrected chi connectivity index (χ0v) is 18.0. The van der Waals surface area contributed by atoms with Gasteiger partial charge in [-0.25, -0.2) is 9.37 Å². The molecule has 1 aromatic heterocycles. The molecule has 2 fully saturated rings. The molecule has 148 valence electrons. The standard InChI is InChI=1S/C19H15Cl2F2IN2O2/c20-11-2-1-8(5-12(11)21)26-18(28)15-14(27)6-13(24)10-7-19(10,15)9-3-4-25-17(23)16(9)22/h1-5,10,13-15,27H,6-7H2,(H,26,28)/t10-,13-,14+,15+,19+/m1/s1. The smallest absolute Gasteiger partial charge is 0.249 e. The van der Waals surface area contributed by atoms with E-state index in [2.05, 4.69) is 32.9 Å². The van der Waals surface area contributed by atoms with Crippen molar-refractivity contribution in [2.45, 2.75) is 28.3 Å². The Morgan fingerprint density at radius 1 is 1.29 bits per heavy atom. The molecule has 28 heavy (non-hydrogen) atoms. The number of anilines is 1. The second-order valence-electron chi connectivity index (χ2n) is 7.23. The van der Waals surface area contributed by atoms with E-state index in [1.165, 1.54) is 18.3 Å². The molecular formula is C19H15Cl2F2IN2O2. The molecule has 2 saturated carbocycles. The number of fused-ring (bicyclic) bond motifs is 1. The van der Waals surface area contributed by atoms with Crippen molar-refractivity contribution in [3.05, 3.63) is 57.8 Å². The largest absolute Gasteiger partial charge is 0.392 e. The van der Waals surface area contributed by atoms with E-state index < -0.39 is 35.1 Å². The van der Waals surface area contributed by atoms with Crippen molar-refractivity contribution in [1.29, 1.82) is 0 Å². The average molecular weight is 539 g/mol. The van der Waals surface area contributed by atoms with Gasteiger partial charge in [0.15, 0.2) is 5.82 Å². The summed E-state index contributed by atoms with van der Waals surface area (Å²) in [7, 11) is 0. The Balaban J connectivity index is 1.72. The van der Waals surface area contributed by atoms with Crippen LogP contribution >= 0.6 is 45.8 Å². The third kappa shape index (κ3) is 3.20. The van der Waals surface area contributed by atoms with E-state index in [1.807, 2.05) is 0 Å². The van der Waals surface area contributed by atoms with Crippen molar-refractivity contribution in [3.8, 4) is 0 Å². The molecule has 1 aromatic carbocycles. The first-order valence-electron chi connectivity index (χ1n) is 8.64. The zero-order chi connectivity index (χ0) is 20.2. The molecule has 2 aromatic rings. The normalized spacial score (nSPS) is 31.2. The number of benzene rings is 1. The number of pyridine rings is 1. The molecule has 2 N–H and O–H groups in total. The number of carbonyl (C=O) groups excluding carboxylic acids is 1. The van der Waals surface area contributed by atoms with Gasteiger partial charge in [-0.05, 0) is 43.0 Å². The maximum Gasteiger partial charge on any atom is 0.249 e. The molecule has 4 rings (SSSR count). The summed E-state index contributed by atoms with van der Waals surface area (Å²) in [5.41, 5.74) is -0.450. The highest BCUT2D eigenvalue weighted by Crippen LogP contribution is 2.67. The van der Waals surface area contributed by atoms with Crippen LogP contribution in [0.5, 0.6) is 0 Å². The van der Waals surface area contributed by atoms with E-state index >= 15 is 0 Å². The average Bonchev–Trinajstić information content (AvgIpc) is 3.37. The van der Waals surface area contributed by atoms with Gasteiger partial charge in [-0.3, -0.25) is 4.79 Å². The van der Waals surface area contributed by atoms with Gasteiger partial charge < -0.3 is 10.4 Å². The van der Waals surface area contributed by atoms with Gasteiger partial charge in [0.05, 0.1) is 22.1 Å². The first kappa shape index (κ1) is 20.3. The number of hydrogen-bond donors (Lipinski definition) is 2. The zero-order valence-electron chi connectivity index (χ0n) is 14.3. The van der Waals surface area contributed by atoms with Crippen LogP contribution in [0.25, 0.3) is 0 Å². The van der Waals surface area contributed by atoms with Crippen LogP contribution in [-0.4, -0.2) is 26.0 Å². The fraction of sp³-hybridized carbons (Fsp3) is 0.368. The summed E-state index contributed by atoms with van der Waals surface area (Å²) in [5.74, 6) is -3.68. The summed E-state index contributed by atoms with van der Waals surface area (Å²) in [5, 5.41) is 14.1. The number of nitrogens with zero attached hydrogens (tertiary/aromatic N) is 1. The van der Waals surface area contributed by atoms with Crippen LogP contribution in [0.15, 0.2) is 30.5 Å². The van der Waals surface area contributed by atoms with E-state index in [0.29, 0.717) is 23.6 Å². The summed E-state index contributed by atoms with van der Waals surface area (Å²) in [6.07, 6.45) is 1.10. The summed E-state index contributed by atoms with van der Waals surface area (Å²) in [6.45, 7) is 0. The molecule has 0 spiro atoms. The van der Waals surface area contributed by atoms with E-state index in [0.717, 1.165) is 0 Å². The molecule has 9 heteroatoms. The van der Waals surface area contributed by atoms with E-state index in [-0.39, 0.29) is 20.4 Å². The van der Waals surface area contributed by atoms with Crippen LogP contribution in [0.3, 0.4) is 0 Å². The lowest BCUT2D eigenvalue weighted by atomic mass is 9.71. The minimum atomic E-state index is -1.20. The maximum atomic E-state index is 14.6. The molecule has 2 aliphatic rings. The fourth-order valence-corrected chi connectivity index (χ4v) is 6.16. The molecule has 4 nitrogen and oxygen atoms in total. The predicted octanol–water partition coefficient (Wildman–Crippen LogP) is 4.75. The Hall–Kier alpha value is -1.03. The number of halogens is 5. The van der Waals surface area contributed by atoms with Crippen LogP contribution in [-0.2, 0) is 10.2 Å². The molecule has 2 aliphatic carbocycles. The van der Waals surface area contributed by atoms with Crippen LogP contribution in [0.1, 0.15) is 18.4 Å². The molecule has 0 saturated heterocycles. The summed E-state index contributed by atoms with van der Waals surface area (Å²) in [6, 6.07) is 6.04. The fourth-order valence-electron chi connectivity index (χ4n) is 4.44. The first-order chi connectivity index (χ1) is 13.3. The van der Waals surface area contributed by atoms with Crippen molar-refractivity contribution < 1.29 is 18.7 Å². The van der Waals surface area contributed by atoms with Gasteiger partial charge >= 0.3 is 0 Å². The van der Waals surface area contributed by atoms with Crippen molar-refractivity contribution in [2.75, 3.05) is 5.32 Å².